The molecule has 0 radical (unpaired) electrons. The fourth-order valence-corrected chi connectivity index (χ4v) is 3.44. The van der Waals surface area contributed by atoms with Crippen molar-refractivity contribution < 1.29 is 14.0 Å². The molecule has 1 aliphatic rings. The molecule has 3 heterocycles. The van der Waals surface area contributed by atoms with Gasteiger partial charge in [0.25, 0.3) is 5.91 Å². The molecule has 3 aromatic rings. The molecule has 3 amide bonds. The highest BCUT2D eigenvalue weighted by atomic mass is 32.1. The van der Waals surface area contributed by atoms with E-state index in [1.54, 1.807) is 17.0 Å². The number of benzene rings is 1. The molecule has 0 saturated carbocycles. The van der Waals surface area contributed by atoms with Gasteiger partial charge in [-0.25, -0.2) is 4.79 Å². The number of anilines is 3. The molecule has 1 aliphatic heterocycles. The minimum atomic E-state index is -0.315. The van der Waals surface area contributed by atoms with Crippen LogP contribution in [-0.2, 0) is 6.42 Å². The summed E-state index contributed by atoms with van der Waals surface area (Å²) in [6, 6.07) is 12.3. The fourth-order valence-electron chi connectivity index (χ4n) is 2.83. The van der Waals surface area contributed by atoms with Crippen LogP contribution in [0.4, 0.5) is 21.2 Å². The van der Waals surface area contributed by atoms with Crippen LogP contribution in [0.1, 0.15) is 16.1 Å². The second-order valence-corrected chi connectivity index (χ2v) is 6.53. The molecular formula is C18H15N3O3S. The Morgan fingerprint density at radius 2 is 2.04 bits per heavy atom. The fraction of sp³-hybridized carbons (Fsp3) is 0.111. The van der Waals surface area contributed by atoms with Crippen LogP contribution in [0.15, 0.2) is 58.5 Å². The molecule has 0 saturated heterocycles. The summed E-state index contributed by atoms with van der Waals surface area (Å²) in [6.07, 6.45) is 2.26. The van der Waals surface area contributed by atoms with E-state index >= 15 is 0 Å². The molecule has 0 spiro atoms. The summed E-state index contributed by atoms with van der Waals surface area (Å²) in [7, 11) is 0. The highest BCUT2D eigenvalue weighted by Crippen LogP contribution is 2.32. The quantitative estimate of drug-likeness (QED) is 0.741. The Labute approximate surface area is 148 Å². The Balaban J connectivity index is 1.52. The maximum absolute atomic E-state index is 12.5. The first-order valence-electron chi connectivity index (χ1n) is 7.80. The van der Waals surface area contributed by atoms with E-state index in [-0.39, 0.29) is 11.9 Å². The van der Waals surface area contributed by atoms with Gasteiger partial charge in [0.1, 0.15) is 0 Å². The lowest BCUT2D eigenvalue weighted by atomic mass is 10.1. The van der Waals surface area contributed by atoms with E-state index in [9.17, 15) is 9.59 Å². The smallest absolute Gasteiger partial charge is 0.324 e. The first kappa shape index (κ1) is 15.5. The lowest BCUT2D eigenvalue weighted by molar-refractivity contribution is 0.0963. The Bertz CT molecular complexity index is 904. The van der Waals surface area contributed by atoms with Crippen molar-refractivity contribution in [1.29, 1.82) is 0 Å². The van der Waals surface area contributed by atoms with Gasteiger partial charge in [-0.05, 0) is 53.8 Å². The zero-order valence-corrected chi connectivity index (χ0v) is 14.0. The number of nitrogens with one attached hydrogen (secondary N) is 2. The van der Waals surface area contributed by atoms with Crippen molar-refractivity contribution in [2.75, 3.05) is 22.1 Å². The normalized spacial score (nSPS) is 12.7. The van der Waals surface area contributed by atoms with E-state index in [0.717, 1.165) is 22.7 Å². The zero-order valence-electron chi connectivity index (χ0n) is 13.2. The lowest BCUT2D eigenvalue weighted by Crippen LogP contribution is -2.28. The third kappa shape index (κ3) is 3.14. The van der Waals surface area contributed by atoms with E-state index in [1.165, 1.54) is 17.6 Å². The molecule has 0 aliphatic carbocycles. The number of rotatable bonds is 3. The zero-order chi connectivity index (χ0) is 17.2. The first-order valence-corrected chi connectivity index (χ1v) is 8.68. The molecule has 0 atom stereocenters. The van der Waals surface area contributed by atoms with E-state index in [2.05, 4.69) is 10.6 Å². The van der Waals surface area contributed by atoms with Gasteiger partial charge in [-0.1, -0.05) is 6.07 Å². The Kier molecular flexibility index (Phi) is 3.99. The van der Waals surface area contributed by atoms with Gasteiger partial charge >= 0.3 is 6.03 Å². The number of fused-ring (bicyclic) bond motifs is 1. The van der Waals surface area contributed by atoms with Gasteiger partial charge in [0.15, 0.2) is 5.76 Å². The first-order chi connectivity index (χ1) is 12.2. The second-order valence-electron chi connectivity index (χ2n) is 5.58. The van der Waals surface area contributed by atoms with E-state index in [4.69, 9.17) is 4.42 Å². The van der Waals surface area contributed by atoms with Crippen molar-refractivity contribution in [3.05, 3.63) is 65.4 Å². The predicted octanol–water partition coefficient (Wildman–Crippen LogP) is 4.19. The molecule has 4 rings (SSSR count). The van der Waals surface area contributed by atoms with Gasteiger partial charge in [-0.15, -0.1) is 11.3 Å². The number of thiophene rings is 1. The Hall–Kier alpha value is -3.06. The van der Waals surface area contributed by atoms with Gasteiger partial charge in [0, 0.05) is 17.9 Å². The molecule has 126 valence electrons. The average Bonchev–Trinajstić information content (AvgIpc) is 3.35. The van der Waals surface area contributed by atoms with Gasteiger partial charge in [-0.2, -0.15) is 0 Å². The highest BCUT2D eigenvalue weighted by molar-refractivity contribution is 7.14. The number of carbonyl (C=O) groups excluding carboxylic acids is 2. The van der Waals surface area contributed by atoms with Crippen molar-refractivity contribution >= 4 is 39.7 Å². The van der Waals surface area contributed by atoms with Crippen molar-refractivity contribution in [3.63, 3.8) is 0 Å². The van der Waals surface area contributed by atoms with Crippen molar-refractivity contribution in [2.45, 2.75) is 6.42 Å². The molecule has 25 heavy (non-hydrogen) atoms. The van der Waals surface area contributed by atoms with E-state index < -0.39 is 0 Å². The summed E-state index contributed by atoms with van der Waals surface area (Å²) in [6.45, 7) is 0.597. The van der Waals surface area contributed by atoms with Crippen LogP contribution in [0.5, 0.6) is 0 Å². The number of urea groups is 1. The molecule has 0 unspecified atom stereocenters. The summed E-state index contributed by atoms with van der Waals surface area (Å²) in [4.78, 5) is 26.3. The third-order valence-electron chi connectivity index (χ3n) is 3.97. The molecule has 1 aromatic carbocycles. The van der Waals surface area contributed by atoms with Crippen LogP contribution in [0.3, 0.4) is 0 Å². The molecule has 7 heteroatoms. The topological polar surface area (TPSA) is 74.6 Å². The average molecular weight is 353 g/mol. The minimum Gasteiger partial charge on any atom is -0.459 e. The number of furan rings is 1. The molecule has 0 bridgehead atoms. The maximum Gasteiger partial charge on any atom is 0.324 e. The standard InChI is InChI=1S/C18H15N3O3S/c22-17(15-3-1-9-24-15)21-8-7-12-5-6-13(11-14(12)21)19-18(23)20-16-4-2-10-25-16/h1-6,9-11H,7-8H2,(H2,19,20,23). The largest absolute Gasteiger partial charge is 0.459 e. The van der Waals surface area contributed by atoms with Gasteiger partial charge < -0.3 is 14.6 Å². The van der Waals surface area contributed by atoms with Gasteiger partial charge in [-0.3, -0.25) is 10.1 Å². The second kappa shape index (κ2) is 6.45. The van der Waals surface area contributed by atoms with E-state index in [0.29, 0.717) is 18.0 Å². The summed E-state index contributed by atoms with van der Waals surface area (Å²) >= 11 is 1.45. The van der Waals surface area contributed by atoms with Crippen molar-refractivity contribution in [2.24, 2.45) is 0 Å². The number of hydrogen-bond donors (Lipinski definition) is 2. The predicted molar refractivity (Wildman–Crippen MR) is 97.5 cm³/mol. The number of hydrogen-bond acceptors (Lipinski definition) is 4. The summed E-state index contributed by atoms with van der Waals surface area (Å²) in [5, 5.41) is 8.23. The SMILES string of the molecule is O=C(Nc1ccc2c(c1)N(C(=O)c1ccco1)CC2)Nc1cccs1. The van der Waals surface area contributed by atoms with Crippen LogP contribution in [-0.4, -0.2) is 18.5 Å². The van der Waals surface area contributed by atoms with Gasteiger partial charge in [0.2, 0.25) is 0 Å². The third-order valence-corrected chi connectivity index (χ3v) is 4.76. The van der Waals surface area contributed by atoms with Crippen LogP contribution >= 0.6 is 11.3 Å². The van der Waals surface area contributed by atoms with Crippen molar-refractivity contribution in [3.8, 4) is 0 Å². The molecule has 0 fully saturated rings. The Morgan fingerprint density at radius 1 is 1.12 bits per heavy atom. The monoisotopic (exact) mass is 353 g/mol. The number of amides is 3. The summed E-state index contributed by atoms with van der Waals surface area (Å²) in [5.74, 6) is 0.130. The Morgan fingerprint density at radius 3 is 2.80 bits per heavy atom. The minimum absolute atomic E-state index is 0.177. The lowest BCUT2D eigenvalue weighted by Gasteiger charge is -2.17. The van der Waals surface area contributed by atoms with E-state index in [1.807, 2.05) is 35.7 Å². The molecular weight excluding hydrogens is 338 g/mol. The molecule has 6 nitrogen and oxygen atoms in total. The van der Waals surface area contributed by atoms with Gasteiger partial charge in [0.05, 0.1) is 11.3 Å². The number of carbonyl (C=O) groups is 2. The van der Waals surface area contributed by atoms with Crippen LogP contribution in [0.25, 0.3) is 0 Å². The maximum atomic E-state index is 12.5. The van der Waals surface area contributed by atoms with Crippen LogP contribution < -0.4 is 15.5 Å². The summed E-state index contributed by atoms with van der Waals surface area (Å²) < 4.78 is 5.21. The van der Waals surface area contributed by atoms with Crippen LogP contribution in [0.2, 0.25) is 0 Å². The van der Waals surface area contributed by atoms with Crippen LogP contribution in [0, 0.1) is 0 Å². The highest BCUT2D eigenvalue weighted by Gasteiger charge is 2.27. The molecule has 2 N–H and O–H groups in total. The number of nitrogens with zero attached hydrogens (tertiary/aromatic N) is 1. The van der Waals surface area contributed by atoms with Crippen molar-refractivity contribution in [1.82, 2.24) is 0 Å². The summed E-state index contributed by atoms with van der Waals surface area (Å²) in [5.41, 5.74) is 2.51. The molecule has 2 aromatic heterocycles.